The molecule has 0 saturated heterocycles. The molecular weight excluding hydrogens is 602 g/mol. The first-order valence-electron chi connectivity index (χ1n) is 15.3. The van der Waals surface area contributed by atoms with E-state index in [-0.39, 0.29) is 0 Å². The Bertz CT molecular complexity index is 2550. The summed E-state index contributed by atoms with van der Waals surface area (Å²) in [6.45, 7) is 0. The Morgan fingerprint density at radius 1 is 0.435 bits per heavy atom. The van der Waals surface area contributed by atoms with Gasteiger partial charge in [-0.05, 0) is 82.9 Å². The normalized spacial score (nSPS) is 11.6. The van der Waals surface area contributed by atoms with Gasteiger partial charge < -0.3 is 9.32 Å². The lowest BCUT2D eigenvalue weighted by Crippen LogP contribution is -2.10. The first kappa shape index (κ1) is 27.0. The summed E-state index contributed by atoms with van der Waals surface area (Å²) >= 11 is 8.99. The highest BCUT2D eigenvalue weighted by atomic mass is 35.5. The number of anilines is 3. The fourth-order valence-electron chi connectivity index (χ4n) is 6.50. The van der Waals surface area contributed by atoms with E-state index in [1.807, 2.05) is 18.2 Å². The van der Waals surface area contributed by atoms with Crippen LogP contribution in [0.15, 0.2) is 162 Å². The van der Waals surface area contributed by atoms with Gasteiger partial charge in [0, 0.05) is 42.3 Å². The summed E-state index contributed by atoms with van der Waals surface area (Å²) in [6, 6.07) is 55.4. The molecule has 0 radical (unpaired) electrons. The second-order valence-corrected chi connectivity index (χ2v) is 13.0. The molecule has 0 aliphatic rings. The average molecular weight is 628 g/mol. The fourth-order valence-corrected chi connectivity index (χ4v) is 7.87. The van der Waals surface area contributed by atoms with Gasteiger partial charge in [0.25, 0.3) is 0 Å². The number of benzene rings is 7. The van der Waals surface area contributed by atoms with E-state index in [9.17, 15) is 0 Å². The van der Waals surface area contributed by atoms with Crippen LogP contribution in [0.4, 0.5) is 17.1 Å². The molecule has 7 aromatic carbocycles. The van der Waals surface area contributed by atoms with E-state index >= 15 is 0 Å². The van der Waals surface area contributed by atoms with Crippen molar-refractivity contribution in [1.82, 2.24) is 0 Å². The van der Waals surface area contributed by atoms with Crippen molar-refractivity contribution in [2.24, 2.45) is 0 Å². The Balaban J connectivity index is 1.20. The average Bonchev–Trinajstić information content (AvgIpc) is 3.67. The lowest BCUT2D eigenvalue weighted by Gasteiger charge is -2.27. The SMILES string of the molecule is Clc1cc2c(cc1N(c1ccc(-c3ccccc3)cc1)c1cccc(-c3ccc4c(c3)oc3ccccc34)c1)sc1ccccc12. The predicted molar refractivity (Wildman–Crippen MR) is 197 cm³/mol. The summed E-state index contributed by atoms with van der Waals surface area (Å²) in [6.07, 6.45) is 0. The van der Waals surface area contributed by atoms with Crippen LogP contribution in [-0.4, -0.2) is 0 Å². The Hall–Kier alpha value is -5.35. The quantitative estimate of drug-likeness (QED) is 0.189. The molecule has 2 aromatic heterocycles. The first-order chi connectivity index (χ1) is 22.7. The molecule has 0 amide bonds. The molecule has 0 unspecified atom stereocenters. The molecule has 2 heterocycles. The molecule has 0 saturated carbocycles. The van der Waals surface area contributed by atoms with Gasteiger partial charge in [-0.15, -0.1) is 11.3 Å². The van der Waals surface area contributed by atoms with Crippen molar-refractivity contribution in [2.75, 3.05) is 4.90 Å². The summed E-state index contributed by atoms with van der Waals surface area (Å²) in [4.78, 5) is 2.27. The molecule has 218 valence electrons. The molecule has 0 N–H and O–H groups in total. The summed E-state index contributed by atoms with van der Waals surface area (Å²) in [5, 5.41) is 5.38. The van der Waals surface area contributed by atoms with E-state index in [0.29, 0.717) is 5.02 Å². The van der Waals surface area contributed by atoms with Gasteiger partial charge in [-0.3, -0.25) is 0 Å². The predicted octanol–water partition coefficient (Wildman–Crippen LogP) is 13.4. The molecule has 0 aliphatic carbocycles. The minimum atomic E-state index is 0.706. The second-order valence-electron chi connectivity index (χ2n) is 11.5. The molecule has 0 spiro atoms. The number of hydrogen-bond acceptors (Lipinski definition) is 3. The minimum absolute atomic E-state index is 0.706. The van der Waals surface area contributed by atoms with Gasteiger partial charge in [0.2, 0.25) is 0 Å². The van der Waals surface area contributed by atoms with Crippen molar-refractivity contribution in [3.8, 4) is 22.3 Å². The number of furan rings is 1. The number of nitrogens with zero attached hydrogens (tertiary/aromatic N) is 1. The summed E-state index contributed by atoms with van der Waals surface area (Å²) in [5.74, 6) is 0. The van der Waals surface area contributed by atoms with Gasteiger partial charge in [-0.1, -0.05) is 109 Å². The van der Waals surface area contributed by atoms with Crippen LogP contribution < -0.4 is 4.90 Å². The van der Waals surface area contributed by atoms with Crippen molar-refractivity contribution >= 4 is 82.1 Å². The highest BCUT2D eigenvalue weighted by molar-refractivity contribution is 7.25. The maximum Gasteiger partial charge on any atom is 0.136 e. The van der Waals surface area contributed by atoms with Crippen LogP contribution in [0, 0.1) is 0 Å². The molecule has 0 aliphatic heterocycles. The van der Waals surface area contributed by atoms with Crippen LogP contribution in [0.25, 0.3) is 64.4 Å². The first-order valence-corrected chi connectivity index (χ1v) is 16.5. The molecular formula is C42H26ClNOS. The Morgan fingerprint density at radius 2 is 1.11 bits per heavy atom. The van der Waals surface area contributed by atoms with Crippen molar-refractivity contribution in [1.29, 1.82) is 0 Å². The highest BCUT2D eigenvalue weighted by Gasteiger charge is 2.19. The number of para-hydroxylation sites is 1. The number of hydrogen-bond donors (Lipinski definition) is 0. The number of thiophene rings is 1. The van der Waals surface area contributed by atoms with Crippen molar-refractivity contribution < 1.29 is 4.42 Å². The molecule has 2 nitrogen and oxygen atoms in total. The van der Waals surface area contributed by atoms with Crippen LogP contribution in [0.1, 0.15) is 0 Å². The minimum Gasteiger partial charge on any atom is -0.456 e. The largest absolute Gasteiger partial charge is 0.456 e. The van der Waals surface area contributed by atoms with E-state index in [1.165, 1.54) is 31.3 Å². The number of halogens is 1. The van der Waals surface area contributed by atoms with E-state index in [1.54, 1.807) is 11.3 Å². The summed E-state index contributed by atoms with van der Waals surface area (Å²) in [5.41, 5.74) is 9.35. The molecule has 0 bridgehead atoms. The van der Waals surface area contributed by atoms with E-state index in [2.05, 4.69) is 144 Å². The maximum atomic E-state index is 7.19. The maximum absolute atomic E-state index is 7.19. The van der Waals surface area contributed by atoms with Crippen LogP contribution in [0.3, 0.4) is 0 Å². The van der Waals surface area contributed by atoms with Crippen LogP contribution in [0.5, 0.6) is 0 Å². The van der Waals surface area contributed by atoms with Crippen molar-refractivity contribution in [3.05, 3.63) is 163 Å². The highest BCUT2D eigenvalue weighted by Crippen LogP contribution is 2.45. The topological polar surface area (TPSA) is 16.4 Å². The van der Waals surface area contributed by atoms with Crippen molar-refractivity contribution in [3.63, 3.8) is 0 Å². The smallest absolute Gasteiger partial charge is 0.136 e. The summed E-state index contributed by atoms with van der Waals surface area (Å²) in [7, 11) is 0. The molecule has 0 fully saturated rings. The van der Waals surface area contributed by atoms with E-state index in [0.717, 1.165) is 50.1 Å². The monoisotopic (exact) mass is 627 g/mol. The molecule has 4 heteroatoms. The molecule has 9 aromatic rings. The van der Waals surface area contributed by atoms with E-state index in [4.69, 9.17) is 16.0 Å². The lowest BCUT2D eigenvalue weighted by molar-refractivity contribution is 0.669. The standard InChI is InChI=1S/C42H26ClNOS/c43-37-25-36-35-14-5-7-16-41(35)46-42(36)26-38(37)44(31-20-17-28(18-21-31)27-9-2-1-3-10-27)32-12-8-11-29(23-32)30-19-22-34-33-13-4-6-15-39(33)45-40(34)24-30/h1-26H. The third kappa shape index (κ3) is 4.56. The summed E-state index contributed by atoms with van der Waals surface area (Å²) < 4.78 is 8.70. The Morgan fingerprint density at radius 3 is 1.98 bits per heavy atom. The zero-order chi connectivity index (χ0) is 30.6. The van der Waals surface area contributed by atoms with E-state index < -0.39 is 0 Å². The third-order valence-electron chi connectivity index (χ3n) is 8.74. The molecule has 9 rings (SSSR count). The lowest BCUT2D eigenvalue weighted by atomic mass is 10.0. The Kier molecular flexibility index (Phi) is 6.41. The van der Waals surface area contributed by atoms with Gasteiger partial charge in [-0.2, -0.15) is 0 Å². The number of rotatable bonds is 5. The molecule has 46 heavy (non-hydrogen) atoms. The zero-order valence-corrected chi connectivity index (χ0v) is 26.2. The van der Waals surface area contributed by atoms with Gasteiger partial charge >= 0.3 is 0 Å². The van der Waals surface area contributed by atoms with Gasteiger partial charge in [0.1, 0.15) is 11.2 Å². The van der Waals surface area contributed by atoms with Gasteiger partial charge in [0.05, 0.1) is 10.7 Å². The Labute approximate surface area is 275 Å². The molecule has 0 atom stereocenters. The van der Waals surface area contributed by atoms with Crippen molar-refractivity contribution in [2.45, 2.75) is 0 Å². The zero-order valence-electron chi connectivity index (χ0n) is 24.7. The second kappa shape index (κ2) is 10.9. The van der Waals surface area contributed by atoms with Gasteiger partial charge in [0.15, 0.2) is 0 Å². The van der Waals surface area contributed by atoms with Crippen LogP contribution in [-0.2, 0) is 0 Å². The van der Waals surface area contributed by atoms with Gasteiger partial charge in [-0.25, -0.2) is 0 Å². The number of fused-ring (bicyclic) bond motifs is 6. The van der Waals surface area contributed by atoms with Crippen LogP contribution >= 0.6 is 22.9 Å². The van der Waals surface area contributed by atoms with Crippen LogP contribution in [0.2, 0.25) is 5.02 Å². The third-order valence-corrected chi connectivity index (χ3v) is 10.2. The fraction of sp³-hybridized carbons (Fsp3) is 0.